The van der Waals surface area contributed by atoms with Crippen molar-refractivity contribution in [1.82, 2.24) is 5.43 Å². The molecule has 2 N–H and O–H groups in total. The van der Waals surface area contributed by atoms with Crippen molar-refractivity contribution in [3.8, 4) is 5.75 Å². The molecule has 2 aromatic rings. The van der Waals surface area contributed by atoms with Gasteiger partial charge in [0.1, 0.15) is 5.75 Å². The van der Waals surface area contributed by atoms with Crippen LogP contribution in [0.2, 0.25) is 0 Å². The fourth-order valence-corrected chi connectivity index (χ4v) is 4.07. The van der Waals surface area contributed by atoms with Crippen LogP contribution in [0.3, 0.4) is 0 Å². The number of methoxy groups -OCH3 is 1. The van der Waals surface area contributed by atoms with Crippen LogP contribution < -0.4 is 15.5 Å². The lowest BCUT2D eigenvalue weighted by atomic mass is 10.0. The first-order valence-electron chi connectivity index (χ1n) is 8.15. The summed E-state index contributed by atoms with van der Waals surface area (Å²) in [6.45, 7) is 1.82. The molecule has 26 heavy (non-hydrogen) atoms. The molecule has 130 valence electrons. The topological polar surface area (TPSA) is 62.7 Å². The molecule has 0 atom stereocenters. The summed E-state index contributed by atoms with van der Waals surface area (Å²) in [6.07, 6.45) is 2.00. The van der Waals surface area contributed by atoms with Gasteiger partial charge in [0.15, 0.2) is 0 Å². The highest BCUT2D eigenvalue weighted by molar-refractivity contribution is 8.08. The third-order valence-electron chi connectivity index (χ3n) is 4.21. The first-order chi connectivity index (χ1) is 12.7. The Balaban J connectivity index is 1.83. The Hall–Kier alpha value is -2.99. The predicted octanol–water partition coefficient (Wildman–Crippen LogP) is 4.01. The maximum atomic E-state index is 12.2. The Kier molecular flexibility index (Phi) is 4.26. The van der Waals surface area contributed by atoms with Gasteiger partial charge in [0.05, 0.1) is 29.0 Å². The second kappa shape index (κ2) is 6.72. The molecule has 0 saturated carbocycles. The number of carbonyl (C=O) groups is 1. The number of ether oxygens (including phenoxy) is 1. The second-order valence-corrected chi connectivity index (χ2v) is 6.94. The average Bonchev–Trinajstić information content (AvgIpc) is 3.00. The lowest BCUT2D eigenvalue weighted by molar-refractivity contribution is -0.116. The summed E-state index contributed by atoms with van der Waals surface area (Å²) < 4.78 is 5.48. The van der Waals surface area contributed by atoms with Gasteiger partial charge in [-0.15, -0.1) is 0 Å². The van der Waals surface area contributed by atoms with E-state index in [2.05, 4.69) is 21.9 Å². The quantitative estimate of drug-likeness (QED) is 0.809. The van der Waals surface area contributed by atoms with Crippen LogP contribution in [0.25, 0.3) is 4.91 Å². The molecule has 1 amide bonds. The van der Waals surface area contributed by atoms with Crippen LogP contribution in [0.4, 0.5) is 5.69 Å². The summed E-state index contributed by atoms with van der Waals surface area (Å²) in [7, 11) is 1.67. The van der Waals surface area contributed by atoms with Crippen LogP contribution >= 0.6 is 11.8 Å². The van der Waals surface area contributed by atoms with E-state index in [0.29, 0.717) is 11.3 Å². The van der Waals surface area contributed by atoms with Crippen LogP contribution in [0.15, 0.2) is 75.9 Å². The molecule has 0 spiro atoms. The summed E-state index contributed by atoms with van der Waals surface area (Å²) in [4.78, 5) is 14.2. The van der Waals surface area contributed by atoms with Crippen LogP contribution in [0.1, 0.15) is 12.5 Å². The summed E-state index contributed by atoms with van der Waals surface area (Å²) in [6, 6.07) is 15.9. The maximum absolute atomic E-state index is 12.2. The molecule has 0 fully saturated rings. The number of nitrogens with zero attached hydrogens (tertiary/aromatic N) is 1. The lowest BCUT2D eigenvalue weighted by Crippen LogP contribution is -2.18. The van der Waals surface area contributed by atoms with Gasteiger partial charge < -0.3 is 10.1 Å². The second-order valence-electron chi connectivity index (χ2n) is 5.86. The van der Waals surface area contributed by atoms with Gasteiger partial charge >= 0.3 is 0 Å². The van der Waals surface area contributed by atoms with E-state index in [1.165, 1.54) is 0 Å². The van der Waals surface area contributed by atoms with E-state index in [4.69, 9.17) is 4.74 Å². The van der Waals surface area contributed by atoms with Gasteiger partial charge in [-0.25, -0.2) is 5.43 Å². The molecule has 0 radical (unpaired) electrons. The Bertz CT molecular complexity index is 992. The Morgan fingerprint density at radius 1 is 1.08 bits per heavy atom. The summed E-state index contributed by atoms with van der Waals surface area (Å²) >= 11 is 1.61. The van der Waals surface area contributed by atoms with Gasteiger partial charge in [-0.1, -0.05) is 42.1 Å². The molecule has 2 aromatic carbocycles. The Morgan fingerprint density at radius 2 is 1.85 bits per heavy atom. The molecule has 4 rings (SSSR count). The zero-order chi connectivity index (χ0) is 18.1. The third kappa shape index (κ3) is 2.88. The SMILES string of the molecule is COc1ccccc1SC1=CC(=C2C(=O)NN=C2C)Nc2ccccc21. The first-order valence-corrected chi connectivity index (χ1v) is 8.97. The van der Waals surface area contributed by atoms with Crippen molar-refractivity contribution in [2.45, 2.75) is 11.8 Å². The number of fused-ring (bicyclic) bond motifs is 1. The van der Waals surface area contributed by atoms with E-state index in [1.807, 2.05) is 55.5 Å². The number of rotatable bonds is 3. The van der Waals surface area contributed by atoms with E-state index in [9.17, 15) is 4.79 Å². The van der Waals surface area contributed by atoms with Gasteiger partial charge in [-0.2, -0.15) is 5.10 Å². The highest BCUT2D eigenvalue weighted by Crippen LogP contribution is 2.44. The van der Waals surface area contributed by atoms with Crippen molar-refractivity contribution in [1.29, 1.82) is 0 Å². The minimum absolute atomic E-state index is 0.192. The van der Waals surface area contributed by atoms with Gasteiger partial charge in [0.2, 0.25) is 0 Å². The molecule has 0 bridgehead atoms. The van der Waals surface area contributed by atoms with Crippen molar-refractivity contribution < 1.29 is 9.53 Å². The van der Waals surface area contributed by atoms with Crippen LogP contribution in [-0.4, -0.2) is 18.7 Å². The lowest BCUT2D eigenvalue weighted by Gasteiger charge is -2.22. The van der Waals surface area contributed by atoms with Crippen LogP contribution in [0.5, 0.6) is 5.75 Å². The average molecular weight is 363 g/mol. The van der Waals surface area contributed by atoms with Crippen molar-refractivity contribution in [2.75, 3.05) is 12.4 Å². The molecule has 6 heteroatoms. The fourth-order valence-electron chi connectivity index (χ4n) is 2.97. The molecule has 0 aliphatic carbocycles. The number of amides is 1. The van der Waals surface area contributed by atoms with Crippen molar-refractivity contribution in [3.63, 3.8) is 0 Å². The van der Waals surface area contributed by atoms with Gasteiger partial charge in [0.25, 0.3) is 5.91 Å². The van der Waals surface area contributed by atoms with E-state index in [1.54, 1.807) is 18.9 Å². The highest BCUT2D eigenvalue weighted by atomic mass is 32.2. The molecule has 2 aliphatic rings. The third-order valence-corrected chi connectivity index (χ3v) is 5.32. The maximum Gasteiger partial charge on any atom is 0.275 e. The summed E-state index contributed by atoms with van der Waals surface area (Å²) in [5.41, 5.74) is 6.55. The molecule has 0 saturated heterocycles. The molecular weight excluding hydrogens is 346 g/mol. The van der Waals surface area contributed by atoms with Gasteiger partial charge in [-0.3, -0.25) is 4.79 Å². The van der Waals surface area contributed by atoms with E-state index < -0.39 is 0 Å². The Labute approximate surface area is 155 Å². The molecule has 5 nitrogen and oxygen atoms in total. The van der Waals surface area contributed by atoms with E-state index in [0.717, 1.165) is 32.5 Å². The van der Waals surface area contributed by atoms with Crippen molar-refractivity contribution in [2.24, 2.45) is 5.10 Å². The van der Waals surface area contributed by atoms with E-state index >= 15 is 0 Å². The highest BCUT2D eigenvalue weighted by Gasteiger charge is 2.26. The number of nitrogens with one attached hydrogen (secondary N) is 2. The summed E-state index contributed by atoms with van der Waals surface area (Å²) in [5.74, 6) is 0.627. The fraction of sp³-hybridized carbons (Fsp3) is 0.100. The van der Waals surface area contributed by atoms with Crippen molar-refractivity contribution in [3.05, 3.63) is 71.4 Å². The minimum atomic E-state index is -0.192. The molecule has 2 heterocycles. The molecule has 0 unspecified atom stereocenters. The molecule has 2 aliphatic heterocycles. The van der Waals surface area contributed by atoms with E-state index in [-0.39, 0.29) is 5.91 Å². The zero-order valence-corrected chi connectivity index (χ0v) is 15.2. The monoisotopic (exact) mass is 363 g/mol. The number of benzene rings is 2. The number of allylic oxidation sites excluding steroid dienone is 1. The number of carbonyl (C=O) groups excluding carboxylic acids is 1. The predicted molar refractivity (Wildman–Crippen MR) is 105 cm³/mol. The van der Waals surface area contributed by atoms with Crippen molar-refractivity contribution >= 4 is 34.0 Å². The molecule has 0 aromatic heterocycles. The van der Waals surface area contributed by atoms with Crippen LogP contribution in [0, 0.1) is 0 Å². The zero-order valence-electron chi connectivity index (χ0n) is 14.4. The number of para-hydroxylation sites is 2. The summed E-state index contributed by atoms with van der Waals surface area (Å²) in [5, 5.41) is 7.39. The number of anilines is 1. The number of hydrazone groups is 1. The largest absolute Gasteiger partial charge is 0.496 e. The Morgan fingerprint density at radius 3 is 2.62 bits per heavy atom. The first kappa shape index (κ1) is 16.5. The minimum Gasteiger partial charge on any atom is -0.496 e. The number of hydrogen-bond donors (Lipinski definition) is 2. The number of thioether (sulfide) groups is 1. The molecular formula is C20H17N3O2S. The standard InChI is InChI=1S/C20H17N3O2S/c1-12-19(20(24)23-22-12)15-11-18(13-7-3-4-8-14(13)21-15)26-17-10-6-5-9-16(17)25-2/h3-11,21H,1-2H3,(H,23,24). The van der Waals surface area contributed by atoms with Gasteiger partial charge in [-0.05, 0) is 31.2 Å². The normalized spacial score (nSPS) is 18.5. The van der Waals surface area contributed by atoms with Gasteiger partial charge in [0, 0.05) is 16.2 Å². The number of hydrogen-bond acceptors (Lipinski definition) is 5. The smallest absolute Gasteiger partial charge is 0.275 e. The van der Waals surface area contributed by atoms with Crippen LogP contribution in [-0.2, 0) is 4.79 Å².